The number of carboxylic acid groups (broad SMARTS) is 1. The van der Waals surface area contributed by atoms with E-state index in [1.54, 1.807) is 20.8 Å². The molecule has 0 aliphatic carbocycles. The minimum absolute atomic E-state index is 0.0234. The molecule has 0 spiro atoms. The summed E-state index contributed by atoms with van der Waals surface area (Å²) in [6.45, 7) is 14.1. The van der Waals surface area contributed by atoms with Gasteiger partial charge in [0.1, 0.15) is 24.3 Å². The third kappa shape index (κ3) is 9.94. The summed E-state index contributed by atoms with van der Waals surface area (Å²) in [5.41, 5.74) is -1.35. The molecular formula is C19H33N3O6. The highest BCUT2D eigenvalue weighted by atomic mass is 16.6. The van der Waals surface area contributed by atoms with Crippen LogP contribution in [0.1, 0.15) is 48.0 Å². The smallest absolute Gasteiger partial charge is 0.408 e. The van der Waals surface area contributed by atoms with Crippen molar-refractivity contribution in [1.29, 1.82) is 0 Å². The van der Waals surface area contributed by atoms with Gasteiger partial charge in [-0.25, -0.2) is 9.79 Å². The van der Waals surface area contributed by atoms with Crippen LogP contribution in [0.4, 0.5) is 4.79 Å². The predicted octanol–water partition coefficient (Wildman–Crippen LogP) is 2.12. The topological polar surface area (TPSA) is 126 Å². The Bertz CT molecular complexity index is 602. The van der Waals surface area contributed by atoms with Crippen molar-refractivity contribution in [2.45, 2.75) is 65.6 Å². The number of amides is 2. The minimum Gasteiger partial charge on any atom is -0.481 e. The van der Waals surface area contributed by atoms with Crippen LogP contribution >= 0.6 is 0 Å². The number of likely N-dealkylation sites (N-methyl/N-ethyl adjacent to an activating group) is 1. The molecule has 2 amide bonds. The van der Waals surface area contributed by atoms with Crippen LogP contribution in [0.5, 0.6) is 0 Å². The molecule has 0 radical (unpaired) electrons. The summed E-state index contributed by atoms with van der Waals surface area (Å²) in [4.78, 5) is 40.2. The van der Waals surface area contributed by atoms with Gasteiger partial charge in [0.2, 0.25) is 11.8 Å². The second-order valence-corrected chi connectivity index (χ2v) is 8.25. The van der Waals surface area contributed by atoms with Crippen molar-refractivity contribution in [3.05, 3.63) is 12.7 Å². The summed E-state index contributed by atoms with van der Waals surface area (Å²) in [7, 11) is 1.48. The van der Waals surface area contributed by atoms with Crippen molar-refractivity contribution in [2.24, 2.45) is 10.4 Å². The van der Waals surface area contributed by atoms with Crippen LogP contribution in [-0.4, -0.2) is 60.3 Å². The molecule has 0 rings (SSSR count). The van der Waals surface area contributed by atoms with Gasteiger partial charge in [-0.15, -0.1) is 0 Å². The quantitative estimate of drug-likeness (QED) is 0.326. The number of ether oxygens (including phenoxy) is 2. The normalized spacial score (nSPS) is 14.5. The van der Waals surface area contributed by atoms with Crippen molar-refractivity contribution in [1.82, 2.24) is 10.6 Å². The molecule has 0 heterocycles. The minimum atomic E-state index is -1.18. The summed E-state index contributed by atoms with van der Waals surface area (Å²) in [6, 6.07) is -1.99. The first-order valence-corrected chi connectivity index (χ1v) is 8.95. The van der Waals surface area contributed by atoms with E-state index < -0.39 is 41.6 Å². The Balaban J connectivity index is 5.99. The molecule has 28 heavy (non-hydrogen) atoms. The zero-order valence-electron chi connectivity index (χ0n) is 17.8. The first-order chi connectivity index (χ1) is 12.7. The molecule has 0 unspecified atom stereocenters. The molecule has 0 aromatic heterocycles. The largest absolute Gasteiger partial charge is 0.481 e. The Hall–Kier alpha value is -2.58. The van der Waals surface area contributed by atoms with E-state index in [2.05, 4.69) is 22.2 Å². The molecule has 160 valence electrons. The number of carbonyl (C=O) groups is 3. The maximum absolute atomic E-state index is 12.3. The van der Waals surface area contributed by atoms with Gasteiger partial charge in [0.05, 0.1) is 6.42 Å². The van der Waals surface area contributed by atoms with Gasteiger partial charge in [-0.05, 0) is 26.2 Å². The van der Waals surface area contributed by atoms with Gasteiger partial charge in [-0.1, -0.05) is 33.4 Å². The summed E-state index contributed by atoms with van der Waals surface area (Å²) >= 11 is 0. The average Bonchev–Trinajstić information content (AvgIpc) is 2.50. The van der Waals surface area contributed by atoms with Crippen molar-refractivity contribution in [2.75, 3.05) is 13.7 Å². The van der Waals surface area contributed by atoms with E-state index in [4.69, 9.17) is 9.47 Å². The number of carboxylic acids is 1. The zero-order chi connectivity index (χ0) is 22.1. The van der Waals surface area contributed by atoms with Gasteiger partial charge >= 0.3 is 12.1 Å². The lowest BCUT2D eigenvalue weighted by molar-refractivity contribution is -0.137. The van der Waals surface area contributed by atoms with Gasteiger partial charge in [0, 0.05) is 7.05 Å². The monoisotopic (exact) mass is 399 g/mol. The highest BCUT2D eigenvalue weighted by Gasteiger charge is 2.34. The van der Waals surface area contributed by atoms with E-state index in [1.165, 1.54) is 13.1 Å². The second kappa shape index (κ2) is 10.7. The maximum Gasteiger partial charge on any atom is 0.408 e. The van der Waals surface area contributed by atoms with Gasteiger partial charge in [0.25, 0.3) is 0 Å². The fourth-order valence-corrected chi connectivity index (χ4v) is 2.11. The van der Waals surface area contributed by atoms with Gasteiger partial charge < -0.3 is 25.2 Å². The summed E-state index contributed by atoms with van der Waals surface area (Å²) in [5, 5.41) is 14.2. The van der Waals surface area contributed by atoms with E-state index in [-0.39, 0.29) is 18.4 Å². The molecule has 0 aliphatic rings. The summed E-state index contributed by atoms with van der Waals surface area (Å²) in [5.74, 6) is -1.63. The number of hydrogen-bond acceptors (Lipinski definition) is 6. The highest BCUT2D eigenvalue weighted by molar-refractivity contribution is 5.92. The second-order valence-electron chi connectivity index (χ2n) is 8.25. The van der Waals surface area contributed by atoms with Crippen molar-refractivity contribution < 1.29 is 29.0 Å². The summed E-state index contributed by atoms with van der Waals surface area (Å²) < 4.78 is 10.7. The first-order valence-electron chi connectivity index (χ1n) is 8.95. The van der Waals surface area contributed by atoms with E-state index in [0.29, 0.717) is 0 Å². The van der Waals surface area contributed by atoms with Crippen LogP contribution in [0.15, 0.2) is 17.6 Å². The third-order valence-corrected chi connectivity index (χ3v) is 3.29. The molecule has 9 heteroatoms. The van der Waals surface area contributed by atoms with Crippen LogP contribution < -0.4 is 10.6 Å². The summed E-state index contributed by atoms with van der Waals surface area (Å²) in [6.07, 6.45) is 0.132. The fourth-order valence-electron chi connectivity index (χ4n) is 2.11. The number of nitrogens with zero attached hydrogens (tertiary/aromatic N) is 1. The van der Waals surface area contributed by atoms with Gasteiger partial charge in [-0.2, -0.15) is 0 Å². The van der Waals surface area contributed by atoms with E-state index in [0.717, 1.165) is 0 Å². The first kappa shape index (κ1) is 25.4. The Morgan fingerprint density at radius 3 is 2.14 bits per heavy atom. The number of aliphatic carboxylic acids is 1. The van der Waals surface area contributed by atoms with Crippen LogP contribution in [0.3, 0.4) is 0 Å². The molecule has 3 N–H and O–H groups in total. The molecule has 0 fully saturated rings. The number of nitrogens with one attached hydrogen (secondary N) is 2. The maximum atomic E-state index is 12.3. The number of alkyl carbamates (subject to hydrolysis) is 1. The molecule has 0 aliphatic heterocycles. The molecule has 0 bridgehead atoms. The lowest BCUT2D eigenvalue weighted by atomic mass is 9.86. The molecule has 2 atom stereocenters. The van der Waals surface area contributed by atoms with Crippen LogP contribution in [0.2, 0.25) is 0 Å². The van der Waals surface area contributed by atoms with Crippen LogP contribution in [0, 0.1) is 5.41 Å². The molecule has 0 saturated heterocycles. The van der Waals surface area contributed by atoms with Gasteiger partial charge in [0.15, 0.2) is 0 Å². The zero-order valence-corrected chi connectivity index (χ0v) is 17.8. The SMILES string of the molecule is C=CCOC(=N[C@H](C(=O)NC)C(C)(C)C)[C@@H](CC(=O)O)NC(=O)OC(C)(C)C. The Kier molecular flexibility index (Phi) is 9.69. The Morgan fingerprint density at radius 2 is 1.75 bits per heavy atom. The van der Waals surface area contributed by atoms with Crippen molar-refractivity contribution in [3.63, 3.8) is 0 Å². The molecule has 0 saturated carbocycles. The lowest BCUT2D eigenvalue weighted by Crippen LogP contribution is -2.47. The van der Waals surface area contributed by atoms with Gasteiger partial charge in [-0.3, -0.25) is 9.59 Å². The fraction of sp³-hybridized carbons (Fsp3) is 0.684. The number of hydrogen-bond donors (Lipinski definition) is 3. The van der Waals surface area contributed by atoms with Crippen molar-refractivity contribution in [3.8, 4) is 0 Å². The molecule has 0 aromatic rings. The molecule has 9 nitrogen and oxygen atoms in total. The lowest BCUT2D eigenvalue weighted by Gasteiger charge is -2.28. The van der Waals surface area contributed by atoms with E-state index >= 15 is 0 Å². The highest BCUT2D eigenvalue weighted by Crippen LogP contribution is 2.23. The molecular weight excluding hydrogens is 366 g/mol. The van der Waals surface area contributed by atoms with Crippen LogP contribution in [0.25, 0.3) is 0 Å². The Morgan fingerprint density at radius 1 is 1.18 bits per heavy atom. The van der Waals surface area contributed by atoms with E-state index in [9.17, 15) is 19.5 Å². The van der Waals surface area contributed by atoms with Crippen molar-refractivity contribution >= 4 is 23.9 Å². The number of rotatable bonds is 8. The number of carbonyl (C=O) groups excluding carboxylic acids is 2. The molecule has 0 aromatic carbocycles. The Labute approximate surface area is 166 Å². The van der Waals surface area contributed by atoms with Crippen LogP contribution in [-0.2, 0) is 19.1 Å². The average molecular weight is 399 g/mol. The third-order valence-electron chi connectivity index (χ3n) is 3.29. The van der Waals surface area contributed by atoms with E-state index in [1.807, 2.05) is 20.8 Å². The predicted molar refractivity (Wildman–Crippen MR) is 106 cm³/mol. The standard InChI is InChI=1S/C19H33N3O6/c1-9-10-27-16(22-14(15(25)20-8)18(2,3)4)12(11-13(23)24)21-17(26)28-19(5,6)7/h9,12,14H,1,10-11H2,2-8H3,(H,20,25)(H,21,26)(H,23,24)/t12-,14-/m1/s1. The number of aliphatic imine (C=N–C) groups is 1.